The van der Waals surface area contributed by atoms with Crippen molar-refractivity contribution >= 4 is 5.91 Å². The smallest absolute Gasteiger partial charge is 0.234 e. The Hall–Kier alpha value is -1.08. The van der Waals surface area contributed by atoms with Gasteiger partial charge in [0.25, 0.3) is 0 Å². The minimum absolute atomic E-state index is 0.0435. The van der Waals surface area contributed by atoms with Gasteiger partial charge in [-0.2, -0.15) is 5.26 Å². The summed E-state index contributed by atoms with van der Waals surface area (Å²) < 4.78 is 0. The van der Waals surface area contributed by atoms with Crippen LogP contribution in [0.2, 0.25) is 0 Å². The molecule has 0 aromatic rings. The second kappa shape index (κ2) is 7.56. The van der Waals surface area contributed by atoms with E-state index in [1.54, 1.807) is 0 Å². The molecule has 0 unspecified atom stereocenters. The van der Waals surface area contributed by atoms with Crippen LogP contribution in [0.25, 0.3) is 0 Å². The van der Waals surface area contributed by atoms with Gasteiger partial charge in [-0.3, -0.25) is 9.69 Å². The molecule has 0 spiro atoms. The number of unbranched alkanes of at least 4 members (excludes halogenated alkanes) is 1. The van der Waals surface area contributed by atoms with Crippen LogP contribution in [-0.2, 0) is 4.79 Å². The summed E-state index contributed by atoms with van der Waals surface area (Å²) in [6.45, 7) is 3.78. The van der Waals surface area contributed by atoms with Gasteiger partial charge in [0.05, 0.1) is 12.6 Å². The molecule has 0 heterocycles. The number of hydrogen-bond acceptors (Lipinski definition) is 3. The van der Waals surface area contributed by atoms with E-state index in [0.717, 1.165) is 13.0 Å². The highest BCUT2D eigenvalue weighted by molar-refractivity contribution is 5.77. The molecule has 0 radical (unpaired) electrons. The summed E-state index contributed by atoms with van der Waals surface area (Å²) in [6.07, 6.45) is 1.38. The first-order valence-electron chi connectivity index (χ1n) is 4.53. The van der Waals surface area contributed by atoms with Crippen LogP contribution in [0.3, 0.4) is 0 Å². The number of hydrogen-bond donors (Lipinski definition) is 1. The summed E-state index contributed by atoms with van der Waals surface area (Å²) in [5, 5.41) is 11.0. The molecule has 1 N–H and O–H groups in total. The molecule has 74 valence electrons. The highest BCUT2D eigenvalue weighted by Gasteiger charge is 2.03. The predicted molar refractivity (Wildman–Crippen MR) is 51.0 cm³/mol. The van der Waals surface area contributed by atoms with Crippen molar-refractivity contribution in [2.75, 3.05) is 26.7 Å². The summed E-state index contributed by atoms with van der Waals surface area (Å²) in [4.78, 5) is 13.0. The number of nitrogens with one attached hydrogen (secondary N) is 1. The second-order valence-electron chi connectivity index (χ2n) is 2.95. The predicted octanol–water partition coefficient (Wildman–Crippen LogP) is 0.358. The molecule has 0 saturated carbocycles. The highest BCUT2D eigenvalue weighted by Crippen LogP contribution is 1.90. The number of likely N-dealkylation sites (N-methyl/N-ethyl adjacent to an activating group) is 2. The van der Waals surface area contributed by atoms with E-state index < -0.39 is 0 Å². The lowest BCUT2D eigenvalue weighted by atomic mass is 10.3. The van der Waals surface area contributed by atoms with Crippen LogP contribution in [0.4, 0.5) is 0 Å². The van der Waals surface area contributed by atoms with Crippen LogP contribution in [0.1, 0.15) is 19.8 Å². The normalized spacial score (nSPS) is 9.69. The molecule has 0 aliphatic rings. The molecule has 0 atom stereocenters. The van der Waals surface area contributed by atoms with E-state index in [1.165, 1.54) is 0 Å². The molecule has 0 saturated heterocycles. The minimum Gasteiger partial charge on any atom is -0.355 e. The van der Waals surface area contributed by atoms with Crippen molar-refractivity contribution in [3.63, 3.8) is 0 Å². The molecule has 0 aliphatic heterocycles. The zero-order valence-electron chi connectivity index (χ0n) is 8.34. The molecular weight excluding hydrogens is 166 g/mol. The van der Waals surface area contributed by atoms with Crippen LogP contribution >= 0.6 is 0 Å². The van der Waals surface area contributed by atoms with E-state index in [1.807, 2.05) is 18.9 Å². The standard InChI is InChI=1S/C9H17N3O/c1-3-11-9(13)8-12(2)7-5-4-6-10/h3-5,7-8H2,1-2H3,(H,11,13). The van der Waals surface area contributed by atoms with Gasteiger partial charge in [0.1, 0.15) is 0 Å². The third-order valence-electron chi connectivity index (χ3n) is 1.62. The SMILES string of the molecule is CCNC(=O)CN(C)CCCC#N. The second-order valence-corrected chi connectivity index (χ2v) is 2.95. The Kier molecular flexibility index (Phi) is 6.93. The van der Waals surface area contributed by atoms with Crippen molar-refractivity contribution in [1.82, 2.24) is 10.2 Å². The van der Waals surface area contributed by atoms with Crippen LogP contribution in [-0.4, -0.2) is 37.5 Å². The first kappa shape index (κ1) is 11.9. The van der Waals surface area contributed by atoms with Crippen LogP contribution in [0.15, 0.2) is 0 Å². The van der Waals surface area contributed by atoms with Gasteiger partial charge in [0.2, 0.25) is 5.91 Å². The summed E-state index contributed by atoms with van der Waals surface area (Å²) in [5.74, 6) is 0.0435. The van der Waals surface area contributed by atoms with Crippen LogP contribution in [0, 0.1) is 11.3 Å². The fourth-order valence-corrected chi connectivity index (χ4v) is 1.01. The van der Waals surface area contributed by atoms with E-state index in [-0.39, 0.29) is 5.91 Å². The fraction of sp³-hybridized carbons (Fsp3) is 0.778. The average Bonchev–Trinajstić information content (AvgIpc) is 2.05. The van der Waals surface area contributed by atoms with Crippen LogP contribution in [0.5, 0.6) is 0 Å². The summed E-state index contributed by atoms with van der Waals surface area (Å²) >= 11 is 0. The highest BCUT2D eigenvalue weighted by atomic mass is 16.1. The maximum atomic E-state index is 11.1. The van der Waals surface area contributed by atoms with Crippen LogP contribution < -0.4 is 5.32 Å². The van der Waals surface area contributed by atoms with Gasteiger partial charge < -0.3 is 5.32 Å². The van der Waals surface area contributed by atoms with E-state index in [4.69, 9.17) is 5.26 Å². The molecular formula is C9H17N3O. The number of nitrogens with zero attached hydrogens (tertiary/aromatic N) is 2. The Morgan fingerprint density at radius 1 is 1.62 bits per heavy atom. The van der Waals surface area contributed by atoms with E-state index >= 15 is 0 Å². The Morgan fingerprint density at radius 2 is 2.31 bits per heavy atom. The summed E-state index contributed by atoms with van der Waals surface area (Å²) in [7, 11) is 1.88. The lowest BCUT2D eigenvalue weighted by Crippen LogP contribution is -2.35. The zero-order valence-corrected chi connectivity index (χ0v) is 8.34. The maximum Gasteiger partial charge on any atom is 0.234 e. The third kappa shape index (κ3) is 7.29. The van der Waals surface area contributed by atoms with Crippen molar-refractivity contribution in [3.05, 3.63) is 0 Å². The molecule has 4 heteroatoms. The molecule has 1 amide bonds. The molecule has 13 heavy (non-hydrogen) atoms. The molecule has 0 aromatic heterocycles. The van der Waals surface area contributed by atoms with E-state index in [9.17, 15) is 4.79 Å². The van der Waals surface area contributed by atoms with Gasteiger partial charge in [-0.05, 0) is 26.9 Å². The fourth-order valence-electron chi connectivity index (χ4n) is 1.01. The lowest BCUT2D eigenvalue weighted by molar-refractivity contribution is -0.121. The minimum atomic E-state index is 0.0435. The Bertz CT molecular complexity index is 186. The van der Waals surface area contributed by atoms with Crippen molar-refractivity contribution < 1.29 is 4.79 Å². The van der Waals surface area contributed by atoms with E-state index in [0.29, 0.717) is 19.5 Å². The molecule has 4 nitrogen and oxygen atoms in total. The summed E-state index contributed by atoms with van der Waals surface area (Å²) in [6, 6.07) is 2.07. The van der Waals surface area contributed by atoms with E-state index in [2.05, 4.69) is 11.4 Å². The quantitative estimate of drug-likeness (QED) is 0.605. The van der Waals surface area contributed by atoms with Crippen molar-refractivity contribution in [2.24, 2.45) is 0 Å². The van der Waals surface area contributed by atoms with Crippen molar-refractivity contribution in [3.8, 4) is 6.07 Å². The Labute approximate surface area is 79.5 Å². The van der Waals surface area contributed by atoms with Gasteiger partial charge in [0, 0.05) is 13.0 Å². The largest absolute Gasteiger partial charge is 0.355 e. The molecule has 0 rings (SSSR count). The molecule has 0 bridgehead atoms. The first-order valence-corrected chi connectivity index (χ1v) is 4.53. The number of amides is 1. The van der Waals surface area contributed by atoms with Crippen molar-refractivity contribution in [2.45, 2.75) is 19.8 Å². The van der Waals surface area contributed by atoms with Crippen molar-refractivity contribution in [1.29, 1.82) is 5.26 Å². The lowest BCUT2D eigenvalue weighted by Gasteiger charge is -2.14. The molecule has 0 aliphatic carbocycles. The average molecular weight is 183 g/mol. The summed E-state index contributed by atoms with van der Waals surface area (Å²) in [5.41, 5.74) is 0. The van der Waals surface area contributed by atoms with Gasteiger partial charge in [-0.15, -0.1) is 0 Å². The van der Waals surface area contributed by atoms with Gasteiger partial charge in [-0.25, -0.2) is 0 Å². The molecule has 0 fully saturated rings. The van der Waals surface area contributed by atoms with Gasteiger partial charge in [-0.1, -0.05) is 0 Å². The maximum absolute atomic E-state index is 11.1. The number of carbonyl (C=O) groups excluding carboxylic acids is 1. The van der Waals surface area contributed by atoms with Gasteiger partial charge in [0.15, 0.2) is 0 Å². The molecule has 0 aromatic carbocycles. The monoisotopic (exact) mass is 183 g/mol. The topological polar surface area (TPSA) is 56.1 Å². The number of nitriles is 1. The number of carbonyl (C=O) groups is 1. The zero-order chi connectivity index (χ0) is 10.1. The third-order valence-corrected chi connectivity index (χ3v) is 1.62. The Balaban J connectivity index is 3.44. The van der Waals surface area contributed by atoms with Gasteiger partial charge >= 0.3 is 0 Å². The number of rotatable bonds is 6. The first-order chi connectivity index (χ1) is 6.20. The Morgan fingerprint density at radius 3 is 2.85 bits per heavy atom.